The molecule has 3 heterocycles. The van der Waals surface area contributed by atoms with E-state index in [1.54, 1.807) is 13.2 Å². The predicted octanol–water partition coefficient (Wildman–Crippen LogP) is 1.92. The molecule has 0 spiro atoms. The first-order valence-electron chi connectivity index (χ1n) is 11.5. The number of ether oxygens (including phenoxy) is 1. The maximum Gasteiger partial charge on any atom is 0.255 e. The molecule has 1 atom stereocenters. The summed E-state index contributed by atoms with van der Waals surface area (Å²) in [6.45, 7) is 3.95. The van der Waals surface area contributed by atoms with Crippen LogP contribution in [0.2, 0.25) is 0 Å². The van der Waals surface area contributed by atoms with Crippen LogP contribution >= 0.6 is 0 Å². The lowest BCUT2D eigenvalue weighted by Crippen LogP contribution is -2.52. The van der Waals surface area contributed by atoms with Gasteiger partial charge in [-0.3, -0.25) is 24.6 Å². The first-order chi connectivity index (χ1) is 16.4. The van der Waals surface area contributed by atoms with Gasteiger partial charge < -0.3 is 14.5 Å². The minimum Gasteiger partial charge on any atom is -0.497 e. The minimum atomic E-state index is -0.704. The molecule has 2 aromatic rings. The van der Waals surface area contributed by atoms with E-state index in [2.05, 4.69) is 16.3 Å². The molecule has 3 aliphatic heterocycles. The second kappa shape index (κ2) is 9.06. The van der Waals surface area contributed by atoms with Crippen LogP contribution in [-0.2, 0) is 22.7 Å². The number of imide groups is 1. The van der Waals surface area contributed by atoms with E-state index >= 15 is 4.39 Å². The van der Waals surface area contributed by atoms with Crippen molar-refractivity contribution in [2.45, 2.75) is 32.0 Å². The highest BCUT2D eigenvalue weighted by Crippen LogP contribution is 2.33. The van der Waals surface area contributed by atoms with Gasteiger partial charge in [-0.1, -0.05) is 12.1 Å². The molecular formula is C25H27FN4O4. The molecule has 0 aliphatic carbocycles. The monoisotopic (exact) mass is 466 g/mol. The van der Waals surface area contributed by atoms with E-state index in [1.165, 1.54) is 16.5 Å². The van der Waals surface area contributed by atoms with Crippen LogP contribution in [-0.4, -0.2) is 66.9 Å². The normalized spacial score (nSPS) is 21.0. The zero-order chi connectivity index (χ0) is 23.8. The van der Waals surface area contributed by atoms with Crippen molar-refractivity contribution in [3.8, 4) is 5.75 Å². The maximum absolute atomic E-state index is 15.1. The Bertz CT molecular complexity index is 1150. The van der Waals surface area contributed by atoms with Gasteiger partial charge in [-0.05, 0) is 41.8 Å². The Kier molecular flexibility index (Phi) is 5.95. The number of piperidine rings is 1. The number of hydrogen-bond acceptors (Lipinski definition) is 6. The van der Waals surface area contributed by atoms with Crippen molar-refractivity contribution in [2.75, 3.05) is 38.2 Å². The molecule has 178 valence electrons. The number of nitrogens with one attached hydrogen (secondary N) is 1. The number of rotatable bonds is 5. The van der Waals surface area contributed by atoms with Crippen molar-refractivity contribution < 1.29 is 23.5 Å². The van der Waals surface area contributed by atoms with Crippen LogP contribution in [0.3, 0.4) is 0 Å². The summed E-state index contributed by atoms with van der Waals surface area (Å²) >= 11 is 0. The SMILES string of the molecule is COc1cccc(CN2CCN(c3cc4c(cc3F)C(=O)N(C3CCC(=O)NC3=O)C4)CC2)c1. The molecule has 0 bridgehead atoms. The molecule has 9 heteroatoms. The fraction of sp³-hybridized carbons (Fsp3) is 0.400. The van der Waals surface area contributed by atoms with Gasteiger partial charge in [0.15, 0.2) is 0 Å². The molecule has 0 saturated carbocycles. The molecule has 3 aliphatic rings. The number of methoxy groups -OCH3 is 1. The summed E-state index contributed by atoms with van der Waals surface area (Å²) in [4.78, 5) is 42.4. The quantitative estimate of drug-likeness (QED) is 0.678. The first kappa shape index (κ1) is 22.3. The summed E-state index contributed by atoms with van der Waals surface area (Å²) in [5.41, 5.74) is 2.66. The highest BCUT2D eigenvalue weighted by molar-refractivity contribution is 6.05. The highest BCUT2D eigenvalue weighted by Gasteiger charge is 2.39. The van der Waals surface area contributed by atoms with E-state index in [4.69, 9.17) is 4.74 Å². The van der Waals surface area contributed by atoms with E-state index in [9.17, 15) is 14.4 Å². The standard InChI is InChI=1S/C25H27FN4O4/c1-34-18-4-2-3-16(11-18)14-28-7-9-29(10-8-28)22-12-17-15-30(25(33)19(17)13-20(22)26)21-5-6-23(31)27-24(21)32/h2-4,11-13,21H,5-10,14-15H2,1H3,(H,27,31,32). The van der Waals surface area contributed by atoms with Gasteiger partial charge in [-0.25, -0.2) is 4.39 Å². The van der Waals surface area contributed by atoms with Crippen LogP contribution in [0.5, 0.6) is 5.75 Å². The van der Waals surface area contributed by atoms with E-state index in [1.807, 2.05) is 23.1 Å². The van der Waals surface area contributed by atoms with Crippen molar-refractivity contribution in [3.63, 3.8) is 0 Å². The van der Waals surface area contributed by atoms with Crippen molar-refractivity contribution in [2.24, 2.45) is 0 Å². The first-order valence-corrected chi connectivity index (χ1v) is 11.5. The lowest BCUT2D eigenvalue weighted by Gasteiger charge is -2.36. The van der Waals surface area contributed by atoms with Gasteiger partial charge in [-0.15, -0.1) is 0 Å². The number of fused-ring (bicyclic) bond motifs is 1. The average molecular weight is 467 g/mol. The Morgan fingerprint density at radius 3 is 2.62 bits per heavy atom. The molecule has 3 amide bonds. The van der Waals surface area contributed by atoms with Gasteiger partial charge in [0.05, 0.1) is 12.8 Å². The second-order valence-corrected chi connectivity index (χ2v) is 8.98. The van der Waals surface area contributed by atoms with Crippen molar-refractivity contribution in [1.82, 2.24) is 15.1 Å². The Balaban J connectivity index is 1.26. The van der Waals surface area contributed by atoms with Crippen LogP contribution in [0, 0.1) is 5.82 Å². The summed E-state index contributed by atoms with van der Waals surface area (Å²) < 4.78 is 20.4. The smallest absolute Gasteiger partial charge is 0.255 e. The lowest BCUT2D eigenvalue weighted by atomic mass is 10.0. The Hall–Kier alpha value is -3.46. The fourth-order valence-electron chi connectivity index (χ4n) is 4.99. The summed E-state index contributed by atoms with van der Waals surface area (Å²) in [7, 11) is 1.65. The molecule has 2 saturated heterocycles. The average Bonchev–Trinajstić information content (AvgIpc) is 3.14. The number of carbonyl (C=O) groups excluding carboxylic acids is 3. The second-order valence-electron chi connectivity index (χ2n) is 8.98. The minimum absolute atomic E-state index is 0.191. The number of carbonyl (C=O) groups is 3. The van der Waals surface area contributed by atoms with Gasteiger partial charge in [-0.2, -0.15) is 0 Å². The fourth-order valence-corrected chi connectivity index (χ4v) is 4.99. The van der Waals surface area contributed by atoms with E-state index < -0.39 is 17.8 Å². The summed E-state index contributed by atoms with van der Waals surface area (Å²) in [6, 6.07) is 10.3. The largest absolute Gasteiger partial charge is 0.497 e. The zero-order valence-corrected chi connectivity index (χ0v) is 19.1. The third kappa shape index (κ3) is 4.23. The van der Waals surface area contributed by atoms with Crippen molar-refractivity contribution >= 4 is 23.4 Å². The summed E-state index contributed by atoms with van der Waals surface area (Å²) in [6.07, 6.45) is 0.477. The van der Waals surface area contributed by atoms with E-state index in [0.29, 0.717) is 29.9 Å². The number of halogens is 1. The van der Waals surface area contributed by atoms with Gasteiger partial charge in [0.25, 0.3) is 5.91 Å². The van der Waals surface area contributed by atoms with Gasteiger partial charge in [0, 0.05) is 51.3 Å². The van der Waals surface area contributed by atoms with Crippen molar-refractivity contribution in [1.29, 1.82) is 0 Å². The zero-order valence-electron chi connectivity index (χ0n) is 19.1. The number of nitrogens with zero attached hydrogens (tertiary/aromatic N) is 3. The number of hydrogen-bond donors (Lipinski definition) is 1. The Labute approximate surface area is 197 Å². The predicted molar refractivity (Wildman–Crippen MR) is 123 cm³/mol. The molecule has 1 unspecified atom stereocenters. The van der Waals surface area contributed by atoms with E-state index in [-0.39, 0.29) is 31.2 Å². The van der Waals surface area contributed by atoms with Crippen LogP contribution in [0.4, 0.5) is 10.1 Å². The topological polar surface area (TPSA) is 82.2 Å². The summed E-state index contributed by atoms with van der Waals surface area (Å²) in [5.74, 6) is -0.761. The number of amides is 3. The molecule has 2 fully saturated rings. The van der Waals surface area contributed by atoms with Gasteiger partial charge in [0.1, 0.15) is 17.6 Å². The third-order valence-electron chi connectivity index (χ3n) is 6.84. The Morgan fingerprint density at radius 2 is 1.88 bits per heavy atom. The number of benzene rings is 2. The number of piperazine rings is 1. The number of anilines is 1. The van der Waals surface area contributed by atoms with Crippen molar-refractivity contribution in [3.05, 3.63) is 58.9 Å². The molecular weight excluding hydrogens is 439 g/mol. The van der Waals surface area contributed by atoms with Gasteiger partial charge in [0.2, 0.25) is 11.8 Å². The van der Waals surface area contributed by atoms with Crippen LogP contribution in [0.1, 0.15) is 34.3 Å². The summed E-state index contributed by atoms with van der Waals surface area (Å²) in [5, 5.41) is 2.29. The van der Waals surface area contributed by atoms with E-state index in [0.717, 1.165) is 25.4 Å². The highest BCUT2D eigenvalue weighted by atomic mass is 19.1. The van der Waals surface area contributed by atoms with Crippen LogP contribution in [0.25, 0.3) is 0 Å². The molecule has 0 radical (unpaired) electrons. The molecule has 5 rings (SSSR count). The third-order valence-corrected chi connectivity index (χ3v) is 6.84. The molecule has 34 heavy (non-hydrogen) atoms. The maximum atomic E-state index is 15.1. The molecule has 2 aromatic carbocycles. The Morgan fingerprint density at radius 1 is 1.09 bits per heavy atom. The molecule has 8 nitrogen and oxygen atoms in total. The molecule has 0 aromatic heterocycles. The lowest BCUT2D eigenvalue weighted by molar-refractivity contribution is -0.136. The molecule has 1 N–H and O–H groups in total. The van der Waals surface area contributed by atoms with Crippen LogP contribution in [0.15, 0.2) is 36.4 Å². The van der Waals surface area contributed by atoms with Gasteiger partial charge >= 0.3 is 0 Å². The van der Waals surface area contributed by atoms with Crippen LogP contribution < -0.4 is 15.0 Å².